The third kappa shape index (κ3) is 4.56. The number of nitrogens with one attached hydrogen (secondary N) is 2. The van der Waals surface area contributed by atoms with E-state index in [1.807, 2.05) is 55.6 Å². The fourth-order valence-corrected chi connectivity index (χ4v) is 3.36. The molecule has 1 fully saturated rings. The summed E-state index contributed by atoms with van der Waals surface area (Å²) >= 11 is 0. The van der Waals surface area contributed by atoms with E-state index in [2.05, 4.69) is 15.5 Å². The van der Waals surface area contributed by atoms with Crippen LogP contribution in [0.1, 0.15) is 18.9 Å². The highest BCUT2D eigenvalue weighted by Crippen LogP contribution is 2.28. The average molecular weight is 394 g/mol. The summed E-state index contributed by atoms with van der Waals surface area (Å²) in [5.41, 5.74) is 0.639. The minimum absolute atomic E-state index is 0.290. The van der Waals surface area contributed by atoms with Crippen molar-refractivity contribution in [3.63, 3.8) is 0 Å². The van der Waals surface area contributed by atoms with Crippen LogP contribution in [0.4, 0.5) is 10.5 Å². The molecule has 0 spiro atoms. The van der Waals surface area contributed by atoms with Crippen LogP contribution in [0, 0.1) is 0 Å². The van der Waals surface area contributed by atoms with E-state index in [9.17, 15) is 14.4 Å². The molecule has 0 radical (unpaired) electrons. The summed E-state index contributed by atoms with van der Waals surface area (Å²) in [6.07, 6.45) is 0.749. The molecule has 1 aliphatic rings. The number of imide groups is 1. The predicted octanol–water partition coefficient (Wildman–Crippen LogP) is 2.10. The summed E-state index contributed by atoms with van der Waals surface area (Å²) in [4.78, 5) is 40.4. The molecule has 7 heteroatoms. The number of nitrogens with zero attached hydrogens (tertiary/aromatic N) is 2. The monoisotopic (exact) mass is 394 g/mol. The van der Waals surface area contributed by atoms with E-state index in [4.69, 9.17) is 0 Å². The molecule has 2 aromatic rings. The third-order valence-corrected chi connectivity index (χ3v) is 5.12. The van der Waals surface area contributed by atoms with Gasteiger partial charge in [-0.25, -0.2) is 4.79 Å². The highest BCUT2D eigenvalue weighted by molar-refractivity contribution is 6.09. The summed E-state index contributed by atoms with van der Waals surface area (Å²) in [7, 11) is 1.99. The van der Waals surface area contributed by atoms with Gasteiger partial charge in [-0.2, -0.15) is 0 Å². The van der Waals surface area contributed by atoms with E-state index in [0.717, 1.165) is 23.6 Å². The Labute approximate surface area is 170 Å². The van der Waals surface area contributed by atoms with Crippen LogP contribution >= 0.6 is 0 Å². The lowest BCUT2D eigenvalue weighted by molar-refractivity contribution is -0.134. The fourth-order valence-electron chi connectivity index (χ4n) is 3.36. The molecule has 29 heavy (non-hydrogen) atoms. The van der Waals surface area contributed by atoms with Crippen molar-refractivity contribution in [2.75, 3.05) is 31.6 Å². The standard InChI is InChI=1S/C22H26N4O3/c1-22(17-10-5-3-6-11-17)20(28)26(21(29)24-22)16-19(27)23-14-9-15-25(2)18-12-7-4-8-13-18/h3-8,10-13H,9,14-16H2,1-2H3,(H,23,27)(H,24,29). The molecule has 7 nitrogen and oxygen atoms in total. The molecule has 1 unspecified atom stereocenters. The lowest BCUT2D eigenvalue weighted by Gasteiger charge is -2.22. The first-order valence-corrected chi connectivity index (χ1v) is 9.64. The van der Waals surface area contributed by atoms with Gasteiger partial charge in [-0.3, -0.25) is 14.5 Å². The zero-order valence-corrected chi connectivity index (χ0v) is 16.7. The van der Waals surface area contributed by atoms with Crippen LogP contribution in [0.2, 0.25) is 0 Å². The van der Waals surface area contributed by atoms with Gasteiger partial charge in [0, 0.05) is 25.8 Å². The molecule has 1 saturated heterocycles. The zero-order valence-electron chi connectivity index (χ0n) is 16.7. The lowest BCUT2D eigenvalue weighted by atomic mass is 9.92. The van der Waals surface area contributed by atoms with Gasteiger partial charge in [0.1, 0.15) is 12.1 Å². The minimum atomic E-state index is -1.16. The number of carbonyl (C=O) groups is 3. The van der Waals surface area contributed by atoms with Crippen molar-refractivity contribution < 1.29 is 14.4 Å². The van der Waals surface area contributed by atoms with E-state index in [1.54, 1.807) is 19.1 Å². The SMILES string of the molecule is CN(CCCNC(=O)CN1C(=O)NC(C)(c2ccccc2)C1=O)c1ccccc1. The van der Waals surface area contributed by atoms with Crippen LogP contribution in [-0.2, 0) is 15.1 Å². The Balaban J connectivity index is 1.48. The number of benzene rings is 2. The van der Waals surface area contributed by atoms with E-state index in [-0.39, 0.29) is 12.5 Å². The van der Waals surface area contributed by atoms with Crippen molar-refractivity contribution in [1.29, 1.82) is 0 Å². The van der Waals surface area contributed by atoms with Gasteiger partial charge in [0.15, 0.2) is 0 Å². The summed E-state index contributed by atoms with van der Waals surface area (Å²) in [6.45, 7) is 2.61. The van der Waals surface area contributed by atoms with Crippen molar-refractivity contribution >= 4 is 23.5 Å². The molecule has 2 aromatic carbocycles. The van der Waals surface area contributed by atoms with Crippen LogP contribution in [0.3, 0.4) is 0 Å². The Morgan fingerprint density at radius 1 is 1.07 bits per heavy atom. The molecule has 1 heterocycles. The lowest BCUT2D eigenvalue weighted by Crippen LogP contribution is -2.43. The summed E-state index contributed by atoms with van der Waals surface area (Å²) in [5, 5.41) is 5.49. The number of rotatable bonds is 8. The Morgan fingerprint density at radius 2 is 1.69 bits per heavy atom. The topological polar surface area (TPSA) is 81.8 Å². The van der Waals surface area contributed by atoms with Crippen molar-refractivity contribution in [3.8, 4) is 0 Å². The van der Waals surface area contributed by atoms with Crippen LogP contribution in [0.5, 0.6) is 0 Å². The molecule has 1 atom stereocenters. The van der Waals surface area contributed by atoms with E-state index >= 15 is 0 Å². The quantitative estimate of drug-likeness (QED) is 0.531. The fraction of sp³-hybridized carbons (Fsp3) is 0.318. The summed E-state index contributed by atoms with van der Waals surface area (Å²) in [5.74, 6) is -0.777. The largest absolute Gasteiger partial charge is 0.375 e. The maximum atomic E-state index is 12.8. The Hall–Kier alpha value is -3.35. The molecule has 0 saturated carbocycles. The van der Waals surface area contributed by atoms with Gasteiger partial charge in [-0.1, -0.05) is 48.5 Å². The number of anilines is 1. The molecule has 0 bridgehead atoms. The number of amides is 4. The maximum Gasteiger partial charge on any atom is 0.325 e. The zero-order chi connectivity index (χ0) is 20.9. The second-order valence-corrected chi connectivity index (χ2v) is 7.27. The van der Waals surface area contributed by atoms with E-state index in [0.29, 0.717) is 12.1 Å². The smallest absolute Gasteiger partial charge is 0.325 e. The number of para-hydroxylation sites is 1. The van der Waals surface area contributed by atoms with Gasteiger partial charge >= 0.3 is 6.03 Å². The molecule has 0 aliphatic carbocycles. The predicted molar refractivity (Wildman–Crippen MR) is 111 cm³/mol. The van der Waals surface area contributed by atoms with Gasteiger partial charge in [0.2, 0.25) is 5.91 Å². The molecular formula is C22H26N4O3. The minimum Gasteiger partial charge on any atom is -0.375 e. The molecule has 152 valence electrons. The second-order valence-electron chi connectivity index (χ2n) is 7.27. The van der Waals surface area contributed by atoms with Gasteiger partial charge in [-0.05, 0) is 31.0 Å². The molecule has 1 aliphatic heterocycles. The highest BCUT2D eigenvalue weighted by Gasteiger charge is 2.49. The van der Waals surface area contributed by atoms with E-state index in [1.165, 1.54) is 0 Å². The van der Waals surface area contributed by atoms with E-state index < -0.39 is 17.5 Å². The summed E-state index contributed by atoms with van der Waals surface area (Å²) in [6, 6.07) is 18.5. The van der Waals surface area contributed by atoms with Crippen molar-refractivity contribution in [3.05, 3.63) is 66.2 Å². The second kappa shape index (κ2) is 8.77. The molecule has 4 amide bonds. The first kappa shape index (κ1) is 20.4. The van der Waals surface area contributed by atoms with Gasteiger partial charge < -0.3 is 15.5 Å². The molecule has 0 aromatic heterocycles. The first-order chi connectivity index (χ1) is 13.9. The van der Waals surface area contributed by atoms with Crippen LogP contribution in [0.15, 0.2) is 60.7 Å². The molecule has 3 rings (SSSR count). The van der Waals surface area contributed by atoms with Crippen LogP contribution < -0.4 is 15.5 Å². The van der Waals surface area contributed by atoms with Crippen molar-refractivity contribution in [2.45, 2.75) is 18.9 Å². The van der Waals surface area contributed by atoms with Gasteiger partial charge in [-0.15, -0.1) is 0 Å². The normalized spacial score (nSPS) is 18.5. The Bertz CT molecular complexity index is 872. The highest BCUT2D eigenvalue weighted by atomic mass is 16.2. The number of urea groups is 1. The van der Waals surface area contributed by atoms with Gasteiger partial charge in [0.25, 0.3) is 5.91 Å². The summed E-state index contributed by atoms with van der Waals surface area (Å²) < 4.78 is 0. The Kier molecular flexibility index (Phi) is 6.16. The van der Waals surface area contributed by atoms with Crippen LogP contribution in [-0.4, -0.2) is 49.4 Å². The van der Waals surface area contributed by atoms with Crippen molar-refractivity contribution in [1.82, 2.24) is 15.5 Å². The van der Waals surface area contributed by atoms with Crippen LogP contribution in [0.25, 0.3) is 0 Å². The first-order valence-electron chi connectivity index (χ1n) is 9.64. The maximum absolute atomic E-state index is 12.8. The van der Waals surface area contributed by atoms with Crippen molar-refractivity contribution in [2.24, 2.45) is 0 Å². The number of hydrogen-bond donors (Lipinski definition) is 2. The molecular weight excluding hydrogens is 368 g/mol. The number of carbonyl (C=O) groups excluding carboxylic acids is 3. The average Bonchev–Trinajstić information content (AvgIpc) is 2.96. The third-order valence-electron chi connectivity index (χ3n) is 5.12. The molecule has 2 N–H and O–H groups in total. The van der Waals surface area contributed by atoms with Gasteiger partial charge in [0.05, 0.1) is 0 Å². The number of hydrogen-bond acceptors (Lipinski definition) is 4. The Morgan fingerprint density at radius 3 is 2.34 bits per heavy atom.